The molecule has 11 heteroatoms. The Labute approximate surface area is 185 Å². The van der Waals surface area contributed by atoms with Gasteiger partial charge in [-0.25, -0.2) is 4.98 Å². The minimum atomic E-state index is -4.62. The molecule has 0 spiro atoms. The van der Waals surface area contributed by atoms with Crippen molar-refractivity contribution >= 4 is 39.5 Å². The number of thiazole rings is 1. The van der Waals surface area contributed by atoms with Gasteiger partial charge < -0.3 is 15.5 Å². The number of anilines is 3. The van der Waals surface area contributed by atoms with Gasteiger partial charge in [0, 0.05) is 36.9 Å². The second-order valence-corrected chi connectivity index (χ2v) is 7.99. The normalized spacial score (nSPS) is 13.8. The lowest BCUT2D eigenvalue weighted by atomic mass is 10.2. The summed E-state index contributed by atoms with van der Waals surface area (Å²) in [7, 11) is 0. The van der Waals surface area contributed by atoms with Crippen molar-refractivity contribution in [1.82, 2.24) is 9.97 Å². The van der Waals surface area contributed by atoms with Gasteiger partial charge in [0.25, 0.3) is 11.8 Å². The van der Waals surface area contributed by atoms with E-state index in [0.29, 0.717) is 18.0 Å². The quantitative estimate of drug-likeness (QED) is 0.577. The lowest BCUT2D eigenvalue weighted by molar-refractivity contribution is -0.137. The first-order valence-corrected chi connectivity index (χ1v) is 10.6. The zero-order valence-electron chi connectivity index (χ0n) is 16.6. The summed E-state index contributed by atoms with van der Waals surface area (Å²) in [5.74, 6) is -1.37. The number of carbonyl (C=O) groups excluding carboxylic acids is 2. The largest absolute Gasteiger partial charge is 0.417 e. The van der Waals surface area contributed by atoms with Crippen molar-refractivity contribution in [3.05, 3.63) is 65.1 Å². The molecule has 4 rings (SSSR count). The third kappa shape index (κ3) is 4.88. The highest BCUT2D eigenvalue weighted by atomic mass is 32.1. The van der Waals surface area contributed by atoms with E-state index in [1.165, 1.54) is 5.51 Å². The first-order valence-electron chi connectivity index (χ1n) is 9.75. The van der Waals surface area contributed by atoms with Crippen molar-refractivity contribution in [3.8, 4) is 0 Å². The lowest BCUT2D eigenvalue weighted by Gasteiger charge is -2.17. The highest BCUT2D eigenvalue weighted by molar-refractivity contribution is 7.14. The number of nitrogens with one attached hydrogen (secondary N) is 2. The molecule has 3 heterocycles. The fourth-order valence-electron chi connectivity index (χ4n) is 3.31. The molecule has 2 amide bonds. The van der Waals surface area contributed by atoms with Gasteiger partial charge in [0.15, 0.2) is 5.69 Å². The molecule has 1 aliphatic rings. The predicted octanol–water partition coefficient (Wildman–Crippen LogP) is 4.66. The maximum Gasteiger partial charge on any atom is 0.417 e. The molecule has 32 heavy (non-hydrogen) atoms. The van der Waals surface area contributed by atoms with Gasteiger partial charge >= 0.3 is 6.18 Å². The van der Waals surface area contributed by atoms with Crippen LogP contribution >= 0.6 is 11.3 Å². The number of hydrogen-bond donors (Lipinski definition) is 2. The second-order valence-electron chi connectivity index (χ2n) is 7.14. The SMILES string of the molecule is O=C(Nc1scnc1C(=O)Nc1ccc(N2CCCC2)cc1)c1cncc(C(F)(F)F)c1. The van der Waals surface area contributed by atoms with Crippen LogP contribution in [0.25, 0.3) is 0 Å². The Morgan fingerprint density at radius 1 is 1.00 bits per heavy atom. The topological polar surface area (TPSA) is 87.2 Å². The summed E-state index contributed by atoms with van der Waals surface area (Å²) in [6, 6.07) is 8.11. The molecular weight excluding hydrogens is 443 g/mol. The van der Waals surface area contributed by atoms with E-state index in [2.05, 4.69) is 25.5 Å². The van der Waals surface area contributed by atoms with Crippen LogP contribution in [0.1, 0.15) is 39.3 Å². The highest BCUT2D eigenvalue weighted by Crippen LogP contribution is 2.29. The van der Waals surface area contributed by atoms with Crippen LogP contribution in [-0.4, -0.2) is 34.9 Å². The average Bonchev–Trinajstić information content (AvgIpc) is 3.46. The second kappa shape index (κ2) is 8.95. The first kappa shape index (κ1) is 21.8. The third-order valence-electron chi connectivity index (χ3n) is 4.93. The van der Waals surface area contributed by atoms with Crippen LogP contribution in [0.4, 0.5) is 29.5 Å². The van der Waals surface area contributed by atoms with Crippen LogP contribution in [0.5, 0.6) is 0 Å². The van der Waals surface area contributed by atoms with Gasteiger partial charge in [0.05, 0.1) is 16.6 Å². The average molecular weight is 461 g/mol. The fraction of sp³-hybridized carbons (Fsp3) is 0.238. The summed E-state index contributed by atoms with van der Waals surface area (Å²) >= 11 is 0.987. The Kier molecular flexibility index (Phi) is 6.08. The molecule has 2 aromatic heterocycles. The van der Waals surface area contributed by atoms with Gasteiger partial charge in [-0.1, -0.05) is 0 Å². The van der Waals surface area contributed by atoms with Gasteiger partial charge in [0.1, 0.15) is 5.00 Å². The van der Waals surface area contributed by atoms with Crippen LogP contribution in [0.15, 0.2) is 48.2 Å². The summed E-state index contributed by atoms with van der Waals surface area (Å²) in [6.07, 6.45) is -0.644. The molecule has 0 radical (unpaired) electrons. The molecule has 1 saturated heterocycles. The van der Waals surface area contributed by atoms with Crippen molar-refractivity contribution in [2.75, 3.05) is 28.6 Å². The number of benzene rings is 1. The molecule has 1 aliphatic heterocycles. The zero-order chi connectivity index (χ0) is 22.7. The standard InChI is InChI=1S/C21H18F3N5O2S/c22-21(23,24)14-9-13(10-25-11-14)18(30)28-20-17(26-12-32-20)19(31)27-15-3-5-16(6-4-15)29-7-1-2-8-29/h3-6,9-12H,1-2,7-8H2,(H,27,31)(H,28,30). The maximum atomic E-state index is 12.9. The van der Waals surface area contributed by atoms with Crippen molar-refractivity contribution < 1.29 is 22.8 Å². The zero-order valence-corrected chi connectivity index (χ0v) is 17.5. The van der Waals surface area contributed by atoms with Crippen molar-refractivity contribution in [2.45, 2.75) is 19.0 Å². The Bertz CT molecular complexity index is 1120. The fourth-order valence-corrected chi connectivity index (χ4v) is 3.98. The number of carbonyl (C=O) groups is 2. The molecule has 166 valence electrons. The summed E-state index contributed by atoms with van der Waals surface area (Å²) in [6.45, 7) is 2.02. The van der Waals surface area contributed by atoms with Crippen LogP contribution in [0.3, 0.4) is 0 Å². The Morgan fingerprint density at radius 2 is 1.72 bits per heavy atom. The van der Waals surface area contributed by atoms with E-state index in [4.69, 9.17) is 0 Å². The van der Waals surface area contributed by atoms with E-state index >= 15 is 0 Å². The molecular formula is C21H18F3N5O2S. The summed E-state index contributed by atoms with van der Waals surface area (Å²) < 4.78 is 38.6. The Hall–Kier alpha value is -3.47. The van der Waals surface area contributed by atoms with Crippen LogP contribution in [0, 0.1) is 0 Å². The van der Waals surface area contributed by atoms with E-state index in [-0.39, 0.29) is 16.3 Å². The van der Waals surface area contributed by atoms with Crippen molar-refractivity contribution in [2.24, 2.45) is 0 Å². The maximum absolute atomic E-state index is 12.9. The minimum Gasteiger partial charge on any atom is -0.372 e. The van der Waals surface area contributed by atoms with Gasteiger partial charge in [-0.3, -0.25) is 14.6 Å². The molecule has 0 bridgehead atoms. The highest BCUT2D eigenvalue weighted by Gasteiger charge is 2.31. The number of halogens is 3. The van der Waals surface area contributed by atoms with Gasteiger partial charge in [0.2, 0.25) is 0 Å². The van der Waals surface area contributed by atoms with Gasteiger partial charge in [-0.2, -0.15) is 13.2 Å². The predicted molar refractivity (Wildman–Crippen MR) is 115 cm³/mol. The molecule has 3 aromatic rings. The molecule has 0 unspecified atom stereocenters. The minimum absolute atomic E-state index is 0.0353. The van der Waals surface area contributed by atoms with E-state index < -0.39 is 23.6 Å². The summed E-state index contributed by atoms with van der Waals surface area (Å²) in [4.78, 5) is 34.8. The smallest absolute Gasteiger partial charge is 0.372 e. The number of aromatic nitrogens is 2. The van der Waals surface area contributed by atoms with E-state index in [9.17, 15) is 22.8 Å². The Balaban J connectivity index is 1.44. The number of nitrogens with zero attached hydrogens (tertiary/aromatic N) is 3. The van der Waals surface area contributed by atoms with Gasteiger partial charge in [-0.05, 0) is 43.2 Å². The Morgan fingerprint density at radius 3 is 2.41 bits per heavy atom. The molecule has 2 N–H and O–H groups in total. The van der Waals surface area contributed by atoms with Crippen LogP contribution < -0.4 is 15.5 Å². The number of amides is 2. The third-order valence-corrected chi connectivity index (χ3v) is 5.68. The number of alkyl halides is 3. The lowest BCUT2D eigenvalue weighted by Crippen LogP contribution is -2.19. The summed E-state index contributed by atoms with van der Waals surface area (Å²) in [5, 5.41) is 5.28. The molecule has 1 fully saturated rings. The van der Waals surface area contributed by atoms with E-state index in [1.54, 1.807) is 12.1 Å². The summed E-state index contributed by atoms with van der Waals surface area (Å²) in [5.41, 5.74) is 1.65. The van der Waals surface area contributed by atoms with E-state index in [0.717, 1.165) is 49.2 Å². The molecule has 1 aromatic carbocycles. The number of pyridine rings is 1. The molecule has 0 aliphatic carbocycles. The molecule has 0 atom stereocenters. The van der Waals surface area contributed by atoms with E-state index in [1.807, 2.05) is 12.1 Å². The molecule has 0 saturated carbocycles. The van der Waals surface area contributed by atoms with Crippen LogP contribution in [-0.2, 0) is 6.18 Å². The number of hydrogen-bond acceptors (Lipinski definition) is 6. The van der Waals surface area contributed by atoms with Crippen LogP contribution in [0.2, 0.25) is 0 Å². The first-order chi connectivity index (χ1) is 15.3. The monoisotopic (exact) mass is 461 g/mol. The molecule has 7 nitrogen and oxygen atoms in total. The van der Waals surface area contributed by atoms with Gasteiger partial charge in [-0.15, -0.1) is 11.3 Å². The number of rotatable bonds is 5. The van der Waals surface area contributed by atoms with Crippen molar-refractivity contribution in [1.29, 1.82) is 0 Å². The van der Waals surface area contributed by atoms with Crippen molar-refractivity contribution in [3.63, 3.8) is 0 Å².